The number of esters is 1. The van der Waals surface area contributed by atoms with Gasteiger partial charge in [0, 0.05) is 18.9 Å². The molecule has 3 nitrogen and oxygen atoms in total. The van der Waals surface area contributed by atoms with E-state index in [-0.39, 0.29) is 11.8 Å². The Morgan fingerprint density at radius 3 is 2.53 bits per heavy atom. The molecule has 0 N–H and O–H groups in total. The molecule has 0 heterocycles. The molecule has 0 fully saturated rings. The first-order chi connectivity index (χ1) is 7.20. The van der Waals surface area contributed by atoms with Crippen LogP contribution in [0.15, 0.2) is 24.8 Å². The fourth-order valence-electron chi connectivity index (χ4n) is 1.00. The first kappa shape index (κ1) is 13.6. The van der Waals surface area contributed by atoms with Gasteiger partial charge in [-0.2, -0.15) is 0 Å². The molecule has 0 spiro atoms. The van der Waals surface area contributed by atoms with Crippen LogP contribution in [0.4, 0.5) is 0 Å². The number of hydrogen-bond acceptors (Lipinski definition) is 3. The third kappa shape index (κ3) is 8.94. The van der Waals surface area contributed by atoms with Crippen molar-refractivity contribution in [2.75, 3.05) is 6.61 Å². The molecule has 0 rings (SSSR count). The van der Waals surface area contributed by atoms with Crippen LogP contribution in [-0.4, -0.2) is 18.4 Å². The second-order valence-electron chi connectivity index (χ2n) is 3.06. The van der Waals surface area contributed by atoms with Crippen LogP contribution in [0.25, 0.3) is 0 Å². The van der Waals surface area contributed by atoms with Crippen molar-refractivity contribution in [1.29, 1.82) is 0 Å². The van der Waals surface area contributed by atoms with Crippen LogP contribution >= 0.6 is 0 Å². The highest BCUT2D eigenvalue weighted by atomic mass is 16.5. The molecule has 0 saturated carbocycles. The summed E-state index contributed by atoms with van der Waals surface area (Å²) in [5.41, 5.74) is 0. The molecule has 15 heavy (non-hydrogen) atoms. The summed E-state index contributed by atoms with van der Waals surface area (Å²) in [6, 6.07) is 0. The average Bonchev–Trinajstić information content (AvgIpc) is 2.22. The van der Waals surface area contributed by atoms with Crippen molar-refractivity contribution in [1.82, 2.24) is 0 Å². The molecule has 3 heteroatoms. The van der Waals surface area contributed by atoms with Crippen molar-refractivity contribution in [3.8, 4) is 0 Å². The minimum absolute atomic E-state index is 0.198. The molecule has 0 aromatic heterocycles. The van der Waals surface area contributed by atoms with Gasteiger partial charge in [0.25, 0.3) is 0 Å². The van der Waals surface area contributed by atoms with Crippen LogP contribution in [0.1, 0.15) is 32.6 Å². The van der Waals surface area contributed by atoms with Crippen LogP contribution in [0.2, 0.25) is 0 Å². The number of ketones is 1. The van der Waals surface area contributed by atoms with E-state index >= 15 is 0 Å². The lowest BCUT2D eigenvalue weighted by molar-refractivity contribution is -0.137. The van der Waals surface area contributed by atoms with Gasteiger partial charge in [0.2, 0.25) is 0 Å². The van der Waals surface area contributed by atoms with E-state index in [4.69, 9.17) is 0 Å². The molecule has 0 amide bonds. The largest absolute Gasteiger partial charge is 0.463 e. The van der Waals surface area contributed by atoms with Gasteiger partial charge in [-0.25, -0.2) is 4.79 Å². The fraction of sp³-hybridized carbons (Fsp3) is 0.500. The molecular formula is C12H18O3. The highest BCUT2D eigenvalue weighted by Gasteiger charge is 1.98. The monoisotopic (exact) mass is 210 g/mol. The summed E-state index contributed by atoms with van der Waals surface area (Å²) in [7, 11) is 0. The van der Waals surface area contributed by atoms with E-state index in [0.717, 1.165) is 6.42 Å². The summed E-state index contributed by atoms with van der Waals surface area (Å²) < 4.78 is 4.69. The van der Waals surface area contributed by atoms with Gasteiger partial charge < -0.3 is 4.74 Å². The van der Waals surface area contributed by atoms with E-state index in [1.54, 1.807) is 19.1 Å². The smallest absolute Gasteiger partial charge is 0.330 e. The molecule has 0 saturated heterocycles. The van der Waals surface area contributed by atoms with Gasteiger partial charge in [-0.05, 0) is 19.8 Å². The Morgan fingerprint density at radius 1 is 1.27 bits per heavy atom. The maximum atomic E-state index is 11.2. The van der Waals surface area contributed by atoms with E-state index < -0.39 is 0 Å². The first-order valence-corrected chi connectivity index (χ1v) is 5.16. The summed E-state index contributed by atoms with van der Waals surface area (Å²) >= 11 is 0. The van der Waals surface area contributed by atoms with Gasteiger partial charge in [-0.15, -0.1) is 6.58 Å². The lowest BCUT2D eigenvalue weighted by atomic mass is 10.1. The van der Waals surface area contributed by atoms with Crippen LogP contribution in [-0.2, 0) is 14.3 Å². The lowest BCUT2D eigenvalue weighted by Gasteiger charge is -1.96. The van der Waals surface area contributed by atoms with Crippen LogP contribution in [0, 0.1) is 0 Å². The molecule has 84 valence electrons. The number of rotatable bonds is 8. The Labute approximate surface area is 90.8 Å². The number of carbonyl (C=O) groups excluding carboxylic acids is 2. The summed E-state index contributed by atoms with van der Waals surface area (Å²) in [6.45, 7) is 5.68. The third-order valence-electron chi connectivity index (χ3n) is 1.76. The molecule has 0 aliphatic rings. The maximum absolute atomic E-state index is 11.2. The number of carbonyl (C=O) groups is 2. The van der Waals surface area contributed by atoms with Crippen molar-refractivity contribution in [2.45, 2.75) is 32.6 Å². The van der Waals surface area contributed by atoms with E-state index in [9.17, 15) is 9.59 Å². The van der Waals surface area contributed by atoms with Crippen molar-refractivity contribution in [3.05, 3.63) is 24.8 Å². The Kier molecular flexibility index (Phi) is 8.34. The van der Waals surface area contributed by atoms with E-state index in [0.29, 0.717) is 25.9 Å². The predicted molar refractivity (Wildman–Crippen MR) is 59.4 cm³/mol. The van der Waals surface area contributed by atoms with Gasteiger partial charge in [-0.1, -0.05) is 12.2 Å². The summed E-state index contributed by atoms with van der Waals surface area (Å²) in [4.78, 5) is 22.0. The predicted octanol–water partition coefficient (Wildman–Crippen LogP) is 2.42. The van der Waals surface area contributed by atoms with Crippen molar-refractivity contribution >= 4 is 11.8 Å². The molecule has 0 bridgehead atoms. The SMILES string of the molecule is C=CCCC(=O)CCC=CC(=O)OCC. The van der Waals surface area contributed by atoms with Crippen LogP contribution in [0.3, 0.4) is 0 Å². The number of Topliss-reactive ketones (excluding diaryl/α,β-unsaturated/α-hetero) is 1. The average molecular weight is 210 g/mol. The summed E-state index contributed by atoms with van der Waals surface area (Å²) in [6.07, 6.45) is 7.09. The maximum Gasteiger partial charge on any atom is 0.330 e. The Morgan fingerprint density at radius 2 is 1.93 bits per heavy atom. The second-order valence-corrected chi connectivity index (χ2v) is 3.06. The van der Waals surface area contributed by atoms with Crippen molar-refractivity contribution in [2.24, 2.45) is 0 Å². The third-order valence-corrected chi connectivity index (χ3v) is 1.76. The molecular weight excluding hydrogens is 192 g/mol. The van der Waals surface area contributed by atoms with Gasteiger partial charge in [0.15, 0.2) is 0 Å². The normalized spacial score (nSPS) is 10.2. The summed E-state index contributed by atoms with van der Waals surface area (Å²) in [5.74, 6) is -0.153. The Hall–Kier alpha value is -1.38. The van der Waals surface area contributed by atoms with Crippen molar-refractivity contribution < 1.29 is 14.3 Å². The zero-order chi connectivity index (χ0) is 11.5. The quantitative estimate of drug-likeness (QED) is 0.351. The number of allylic oxidation sites excluding steroid dienone is 2. The highest BCUT2D eigenvalue weighted by molar-refractivity contribution is 5.82. The first-order valence-electron chi connectivity index (χ1n) is 5.16. The van der Waals surface area contributed by atoms with Crippen LogP contribution in [0.5, 0.6) is 0 Å². The second kappa shape index (κ2) is 9.19. The number of hydrogen-bond donors (Lipinski definition) is 0. The number of ether oxygens (including phenoxy) is 1. The van der Waals surface area contributed by atoms with Gasteiger partial charge in [0.05, 0.1) is 6.61 Å². The van der Waals surface area contributed by atoms with Crippen molar-refractivity contribution in [3.63, 3.8) is 0 Å². The highest BCUT2D eigenvalue weighted by Crippen LogP contribution is 2.00. The zero-order valence-electron chi connectivity index (χ0n) is 9.20. The fourth-order valence-corrected chi connectivity index (χ4v) is 1.00. The Balaban J connectivity index is 3.55. The molecule has 0 aliphatic carbocycles. The zero-order valence-corrected chi connectivity index (χ0v) is 9.20. The Bertz CT molecular complexity index is 241. The minimum atomic E-state index is -0.351. The molecule has 0 atom stereocenters. The molecule has 0 aromatic carbocycles. The van der Waals surface area contributed by atoms with E-state index in [1.165, 1.54) is 6.08 Å². The lowest BCUT2D eigenvalue weighted by Crippen LogP contribution is -1.99. The molecule has 0 aromatic rings. The molecule has 0 radical (unpaired) electrons. The van der Waals surface area contributed by atoms with Gasteiger partial charge in [0.1, 0.15) is 5.78 Å². The topological polar surface area (TPSA) is 43.4 Å². The van der Waals surface area contributed by atoms with E-state index in [2.05, 4.69) is 11.3 Å². The standard InChI is InChI=1S/C12H18O3/c1-3-5-8-11(13)9-6-7-10-12(14)15-4-2/h3,7,10H,1,4-6,8-9H2,2H3. The summed E-state index contributed by atoms with van der Waals surface area (Å²) in [5, 5.41) is 0. The van der Waals surface area contributed by atoms with Gasteiger partial charge >= 0.3 is 5.97 Å². The van der Waals surface area contributed by atoms with E-state index in [1.807, 2.05) is 0 Å². The van der Waals surface area contributed by atoms with Crippen LogP contribution < -0.4 is 0 Å². The minimum Gasteiger partial charge on any atom is -0.463 e. The van der Waals surface area contributed by atoms with Gasteiger partial charge in [-0.3, -0.25) is 4.79 Å². The molecule has 0 aliphatic heterocycles. The molecule has 0 unspecified atom stereocenters.